The van der Waals surface area contributed by atoms with Gasteiger partial charge in [-0.05, 0) is 204 Å². The van der Waals surface area contributed by atoms with Crippen molar-refractivity contribution in [2.75, 3.05) is 41.6 Å². The van der Waals surface area contributed by atoms with Gasteiger partial charge in [-0.1, -0.05) is 130 Å². The predicted octanol–water partition coefficient (Wildman–Crippen LogP) is 21.3. The van der Waals surface area contributed by atoms with Crippen LogP contribution in [0.3, 0.4) is 0 Å². The SMILES string of the molecule is COc1ccc(SCCCCCCCC(=O)O)cc1.Cc1ccc(C)c(SCCC(=O)O)c1.Cc1ccc(C)c(SCCCC(=O)O)c1.O=C(O)CCCCCCCCCSc1ccccc1O.O=C(O)CCCCCCCSc1ccc(O)cc1.O=C(O)CCCSc1ccccc1O. The molecule has 0 aromatic heterocycles. The topological polar surface area (TPSA) is 294 Å². The lowest BCUT2D eigenvalue weighted by molar-refractivity contribution is -0.138. The third-order valence-electron chi connectivity index (χ3n) is 14.4. The van der Waals surface area contributed by atoms with Gasteiger partial charge in [-0.15, -0.1) is 70.6 Å². The van der Waals surface area contributed by atoms with E-state index in [0.29, 0.717) is 48.7 Å². The van der Waals surface area contributed by atoms with Crippen molar-refractivity contribution in [1.82, 2.24) is 0 Å². The molecule has 6 aromatic rings. The molecule has 16 nitrogen and oxygen atoms in total. The summed E-state index contributed by atoms with van der Waals surface area (Å²) in [5.74, 6) is 2.98. The second-order valence-electron chi connectivity index (χ2n) is 23.3. The maximum absolute atomic E-state index is 10.3. The van der Waals surface area contributed by atoms with E-state index in [9.17, 15) is 39.0 Å². The molecule has 0 aliphatic rings. The second kappa shape index (κ2) is 60.1. The average Bonchev–Trinajstić information content (AvgIpc) is 0.959. The molecule has 6 aromatic carbocycles. The molecule has 22 heteroatoms. The van der Waals surface area contributed by atoms with E-state index in [1.54, 1.807) is 84.5 Å². The number of aryl methyl sites for hydroxylation is 4. The third-order valence-corrected chi connectivity index (χ3v) is 21.3. The Bertz CT molecular complexity index is 3190. The molecule has 0 saturated carbocycles. The summed E-state index contributed by atoms with van der Waals surface area (Å²) in [5.41, 5.74) is 4.95. The van der Waals surface area contributed by atoms with Crippen LogP contribution in [-0.2, 0) is 28.8 Å². The minimum atomic E-state index is -0.775. The molecule has 0 aliphatic heterocycles. The lowest BCUT2D eigenvalue weighted by Crippen LogP contribution is -1.96. The predicted molar refractivity (Wildman–Crippen MR) is 415 cm³/mol. The Morgan fingerprint density at radius 2 is 0.590 bits per heavy atom. The Morgan fingerprint density at radius 1 is 0.300 bits per heavy atom. The number of ether oxygens (including phenoxy) is 1. The summed E-state index contributed by atoms with van der Waals surface area (Å²) in [5, 5.41) is 79.0. The first kappa shape index (κ1) is 91.5. The van der Waals surface area contributed by atoms with Crippen LogP contribution >= 0.6 is 70.6 Å². The summed E-state index contributed by atoms with van der Waals surface area (Å²) in [7, 11) is 1.67. The molecule has 0 fully saturated rings. The van der Waals surface area contributed by atoms with Crippen LogP contribution in [0.2, 0.25) is 0 Å². The van der Waals surface area contributed by atoms with Gasteiger partial charge in [0.15, 0.2) is 0 Å². The molecule has 0 aliphatic carbocycles. The number of para-hydroxylation sites is 2. The van der Waals surface area contributed by atoms with Crippen LogP contribution in [0.15, 0.2) is 163 Å². The summed E-state index contributed by atoms with van der Waals surface area (Å²) >= 11 is 10.2. The van der Waals surface area contributed by atoms with Crippen LogP contribution in [0.25, 0.3) is 0 Å². The molecule has 9 N–H and O–H groups in total. The van der Waals surface area contributed by atoms with Crippen LogP contribution < -0.4 is 4.74 Å². The molecular weight excluding hydrogens is 1390 g/mol. The van der Waals surface area contributed by atoms with Crippen molar-refractivity contribution in [1.29, 1.82) is 0 Å². The lowest BCUT2D eigenvalue weighted by Gasteiger charge is -2.05. The molecular formula is C78H108O16S6. The number of carboxylic acids is 6. The van der Waals surface area contributed by atoms with Crippen molar-refractivity contribution in [2.45, 2.75) is 218 Å². The first-order valence-electron chi connectivity index (χ1n) is 34.2. The van der Waals surface area contributed by atoms with E-state index in [4.69, 9.17) is 40.5 Å². The zero-order chi connectivity index (χ0) is 74.0. The van der Waals surface area contributed by atoms with Crippen LogP contribution in [-0.4, -0.2) is 123 Å². The van der Waals surface area contributed by atoms with E-state index in [0.717, 1.165) is 122 Å². The fraction of sp³-hybridized carbons (Fsp3) is 0.462. The van der Waals surface area contributed by atoms with E-state index >= 15 is 0 Å². The molecule has 0 radical (unpaired) electrons. The third kappa shape index (κ3) is 53.3. The number of carbonyl (C=O) groups is 6. The molecule has 0 atom stereocenters. The quantitative estimate of drug-likeness (QED) is 0.0127. The van der Waals surface area contributed by atoms with Gasteiger partial charge >= 0.3 is 35.8 Å². The van der Waals surface area contributed by atoms with E-state index in [1.165, 1.54) is 85.7 Å². The molecule has 0 spiro atoms. The summed E-state index contributed by atoms with van der Waals surface area (Å²) in [6.45, 7) is 8.24. The van der Waals surface area contributed by atoms with Crippen molar-refractivity contribution in [3.8, 4) is 23.0 Å². The number of aromatic hydroxyl groups is 3. The van der Waals surface area contributed by atoms with E-state index in [2.05, 4.69) is 62.4 Å². The Balaban J connectivity index is 0.000000603. The van der Waals surface area contributed by atoms with Crippen molar-refractivity contribution in [3.63, 3.8) is 0 Å². The molecule has 100 heavy (non-hydrogen) atoms. The van der Waals surface area contributed by atoms with Crippen LogP contribution in [0.5, 0.6) is 23.0 Å². The number of methoxy groups -OCH3 is 1. The molecule has 0 heterocycles. The van der Waals surface area contributed by atoms with E-state index in [1.807, 2.05) is 80.2 Å². The molecule has 552 valence electrons. The standard InChI is InChI=1S/C16H24O3S.C15H22O3S.C14H20O3S.C12H16O2S.C11H14O2S.C10H12O3S/c17-14-10-7-8-11-15(14)20-13-9-5-3-1-2-4-6-12-16(18)19;1-18-13-8-10-14(11-9-13)19-12-6-4-2-3-5-7-15(16)17;15-12-7-9-13(10-8-12)18-11-5-3-1-2-4-6-14(16)17;1-9-5-6-10(2)11(8-9)15-7-3-4-12(13)14;1-8-3-4-9(2)10(7-8)14-6-5-11(12)13;11-8-4-1-2-5-9(8)14-7-3-6-10(12)13/h7-8,10-11,17H,1-6,9,12-13H2,(H,18,19);8-11H,2-7,12H2,1H3,(H,16,17);7-10,15H,1-6,11H2,(H,16,17);5-6,8H,3-4,7H2,1-2H3,(H,13,14);3-4,7H,5-6H2,1-2H3,(H,12,13);1-2,4-5,11H,3,6-7H2,(H,12,13). The van der Waals surface area contributed by atoms with Crippen molar-refractivity contribution in [3.05, 3.63) is 156 Å². The number of thioether (sulfide) groups is 6. The van der Waals surface area contributed by atoms with Gasteiger partial charge in [0.25, 0.3) is 0 Å². The Kier molecular flexibility index (Phi) is 54.9. The average molecular weight is 1490 g/mol. The number of aliphatic carboxylic acids is 6. The highest BCUT2D eigenvalue weighted by molar-refractivity contribution is 8.00. The summed E-state index contributed by atoms with van der Waals surface area (Å²) in [6.07, 6.45) is 21.2. The summed E-state index contributed by atoms with van der Waals surface area (Å²) < 4.78 is 5.12. The van der Waals surface area contributed by atoms with Gasteiger partial charge in [0.05, 0.1) is 13.5 Å². The molecule has 0 amide bonds. The highest BCUT2D eigenvalue weighted by Gasteiger charge is 2.07. The zero-order valence-corrected chi connectivity index (χ0v) is 63.9. The van der Waals surface area contributed by atoms with Crippen LogP contribution in [0.4, 0.5) is 0 Å². The van der Waals surface area contributed by atoms with Crippen molar-refractivity contribution >= 4 is 106 Å². The first-order valence-corrected chi connectivity index (χ1v) is 40.1. The number of unbranched alkanes of at least 4 members (excludes halogenated alkanes) is 14. The van der Waals surface area contributed by atoms with E-state index in [-0.39, 0.29) is 25.0 Å². The number of benzene rings is 6. The Hall–Kier alpha value is -6.56. The van der Waals surface area contributed by atoms with Crippen molar-refractivity contribution in [2.24, 2.45) is 0 Å². The van der Waals surface area contributed by atoms with Gasteiger partial charge in [-0.25, -0.2) is 0 Å². The Morgan fingerprint density at radius 3 is 0.940 bits per heavy atom. The summed E-state index contributed by atoms with van der Waals surface area (Å²) in [6, 6.07) is 42.5. The maximum atomic E-state index is 10.3. The van der Waals surface area contributed by atoms with Gasteiger partial charge < -0.3 is 50.7 Å². The molecule has 6 rings (SSSR count). The van der Waals surface area contributed by atoms with Crippen LogP contribution in [0, 0.1) is 27.7 Å². The fourth-order valence-electron chi connectivity index (χ4n) is 8.80. The fourth-order valence-corrected chi connectivity index (χ4v) is 14.6. The van der Waals surface area contributed by atoms with Gasteiger partial charge in [0.2, 0.25) is 0 Å². The molecule has 0 bridgehead atoms. The number of phenolic OH excluding ortho intramolecular Hbond substituents is 3. The normalized spacial score (nSPS) is 10.3. The Labute approximate surface area is 619 Å². The van der Waals surface area contributed by atoms with Crippen LogP contribution in [0.1, 0.15) is 183 Å². The molecule has 0 unspecified atom stereocenters. The number of carboxylic acid groups (broad SMARTS) is 6. The molecule has 0 saturated heterocycles. The number of hydrogen-bond donors (Lipinski definition) is 9. The second-order valence-corrected chi connectivity index (χ2v) is 30.2. The first-order chi connectivity index (χ1) is 48.0. The van der Waals surface area contributed by atoms with Gasteiger partial charge in [-0.3, -0.25) is 28.8 Å². The van der Waals surface area contributed by atoms with Gasteiger partial charge in [0.1, 0.15) is 23.0 Å². The number of rotatable bonds is 44. The van der Waals surface area contributed by atoms with Gasteiger partial charge in [0, 0.05) is 67.2 Å². The maximum Gasteiger partial charge on any atom is 0.304 e. The largest absolute Gasteiger partial charge is 0.508 e. The minimum Gasteiger partial charge on any atom is -0.508 e. The smallest absolute Gasteiger partial charge is 0.304 e. The highest BCUT2D eigenvalue weighted by Crippen LogP contribution is 2.31. The lowest BCUT2D eigenvalue weighted by atomic mass is 10.1. The summed E-state index contributed by atoms with van der Waals surface area (Å²) in [4.78, 5) is 68.5. The number of phenols is 3. The number of hydrogen-bond acceptors (Lipinski definition) is 16. The monoisotopic (exact) mass is 1490 g/mol. The van der Waals surface area contributed by atoms with E-state index < -0.39 is 35.8 Å². The van der Waals surface area contributed by atoms with Crippen molar-refractivity contribution < 1.29 is 79.5 Å². The minimum absolute atomic E-state index is 0.181. The highest BCUT2D eigenvalue weighted by atomic mass is 32.2. The zero-order valence-electron chi connectivity index (χ0n) is 59.0. The van der Waals surface area contributed by atoms with Gasteiger partial charge in [-0.2, -0.15) is 0 Å².